The first kappa shape index (κ1) is 9.47. The van der Waals surface area contributed by atoms with Gasteiger partial charge < -0.3 is 9.55 Å². The molecule has 4 heteroatoms. The van der Waals surface area contributed by atoms with Gasteiger partial charge in [-0.15, -0.1) is 0 Å². The Morgan fingerprint density at radius 3 is 2.71 bits per heavy atom. The Morgan fingerprint density at radius 1 is 1.36 bits per heavy atom. The molecule has 1 heterocycles. The number of hydrogen-bond donors (Lipinski definition) is 1. The van der Waals surface area contributed by atoms with E-state index in [1.807, 2.05) is 0 Å². The number of aromatic nitrogens is 1. The highest BCUT2D eigenvalue weighted by molar-refractivity contribution is 7.70. The lowest BCUT2D eigenvalue weighted by atomic mass is 10.2. The topological polar surface area (TPSA) is 32.9 Å². The molecule has 0 aliphatic rings. The molecule has 1 N–H and O–H groups in total. The molecule has 0 aliphatic carbocycles. The fourth-order valence-electron chi connectivity index (χ4n) is 1.55. The van der Waals surface area contributed by atoms with E-state index in [1.165, 1.54) is 6.20 Å². The van der Waals surface area contributed by atoms with Gasteiger partial charge in [0.2, 0.25) is 0 Å². The second kappa shape index (κ2) is 2.96. The third-order valence-corrected chi connectivity index (χ3v) is 3.76. The van der Waals surface area contributed by atoms with Gasteiger partial charge in [-0.2, -0.15) is 0 Å². The van der Waals surface area contributed by atoms with Crippen LogP contribution in [0.2, 0.25) is 0 Å². The maximum Gasteiger partial charge on any atom is 0.148 e. The summed E-state index contributed by atoms with van der Waals surface area (Å²) >= 11 is 0. The normalized spacial score (nSPS) is 12.2. The van der Waals surface area contributed by atoms with E-state index in [9.17, 15) is 8.96 Å². The summed E-state index contributed by atoms with van der Waals surface area (Å²) in [5.41, 5.74) is 0.651. The van der Waals surface area contributed by atoms with Gasteiger partial charge in [-0.25, -0.2) is 4.39 Å². The maximum absolute atomic E-state index is 13.2. The number of halogens is 1. The van der Waals surface area contributed by atoms with Crippen molar-refractivity contribution in [3.05, 3.63) is 30.2 Å². The van der Waals surface area contributed by atoms with Crippen molar-refractivity contribution in [2.45, 2.75) is 0 Å². The lowest BCUT2D eigenvalue weighted by Crippen LogP contribution is -2.03. The van der Waals surface area contributed by atoms with Crippen LogP contribution in [-0.4, -0.2) is 18.3 Å². The molecular formula is C10H11FNOP. The predicted molar refractivity (Wildman–Crippen MR) is 57.3 cm³/mol. The molecule has 1 aromatic heterocycles. The first-order chi connectivity index (χ1) is 6.50. The van der Waals surface area contributed by atoms with Gasteiger partial charge in [0.15, 0.2) is 0 Å². The molecule has 0 fully saturated rings. The van der Waals surface area contributed by atoms with Crippen molar-refractivity contribution < 1.29 is 8.96 Å². The molecule has 74 valence electrons. The molecule has 0 saturated heterocycles. The fraction of sp³-hybridized carbons (Fsp3) is 0.200. The minimum atomic E-state index is -2.35. The Morgan fingerprint density at radius 2 is 2.07 bits per heavy atom. The van der Waals surface area contributed by atoms with Crippen LogP contribution in [0.15, 0.2) is 24.4 Å². The summed E-state index contributed by atoms with van der Waals surface area (Å²) < 4.78 is 25.1. The number of H-pyrrole nitrogens is 1. The SMILES string of the molecule is CP(C)(=O)c1cccc2c(F)c[nH]c12. The summed E-state index contributed by atoms with van der Waals surface area (Å²) in [6.07, 6.45) is 1.30. The minimum absolute atomic E-state index is 0.296. The van der Waals surface area contributed by atoms with E-state index in [0.717, 1.165) is 0 Å². The molecule has 1 aromatic carbocycles. The Labute approximate surface area is 81.5 Å². The van der Waals surface area contributed by atoms with E-state index in [4.69, 9.17) is 0 Å². The monoisotopic (exact) mass is 211 g/mol. The summed E-state index contributed by atoms with van der Waals surface area (Å²) in [5, 5.41) is 1.21. The van der Waals surface area contributed by atoms with Gasteiger partial charge in [-0.3, -0.25) is 0 Å². The molecule has 2 rings (SSSR count). The Bertz CT molecular complexity index is 526. The summed E-state index contributed by atoms with van der Waals surface area (Å²) in [7, 11) is -2.35. The van der Waals surface area contributed by atoms with Crippen LogP contribution in [0.25, 0.3) is 10.9 Å². The standard InChI is InChI=1S/C10H11FNOP/c1-14(2,13)9-5-3-4-7-8(11)6-12-10(7)9/h3-6,12H,1-2H3. The maximum atomic E-state index is 13.2. The van der Waals surface area contributed by atoms with Crippen molar-refractivity contribution >= 4 is 23.3 Å². The number of benzene rings is 1. The molecule has 2 nitrogen and oxygen atoms in total. The highest BCUT2D eigenvalue weighted by atomic mass is 31.2. The van der Waals surface area contributed by atoms with E-state index in [-0.39, 0.29) is 5.82 Å². The number of nitrogens with one attached hydrogen (secondary N) is 1. The summed E-state index contributed by atoms with van der Waals surface area (Å²) in [6, 6.07) is 5.19. The van der Waals surface area contributed by atoms with Gasteiger partial charge in [0.25, 0.3) is 0 Å². The summed E-state index contributed by atoms with van der Waals surface area (Å²) in [5.74, 6) is -0.296. The van der Waals surface area contributed by atoms with E-state index >= 15 is 0 Å². The molecule has 0 atom stereocenters. The minimum Gasteiger partial charge on any atom is -0.358 e. The molecule has 0 spiro atoms. The number of hydrogen-bond acceptors (Lipinski definition) is 1. The van der Waals surface area contributed by atoms with Crippen molar-refractivity contribution in [1.29, 1.82) is 0 Å². The number of para-hydroxylation sites is 1. The molecule has 0 radical (unpaired) electrons. The van der Waals surface area contributed by atoms with Gasteiger partial charge in [0, 0.05) is 16.9 Å². The highest BCUT2D eigenvalue weighted by Gasteiger charge is 2.16. The first-order valence-electron chi connectivity index (χ1n) is 4.31. The van der Waals surface area contributed by atoms with E-state index in [0.29, 0.717) is 16.2 Å². The van der Waals surface area contributed by atoms with Crippen LogP contribution in [0.5, 0.6) is 0 Å². The molecule has 0 aliphatic heterocycles. The Hall–Kier alpha value is -1.08. The predicted octanol–water partition coefficient (Wildman–Crippen LogP) is 2.55. The van der Waals surface area contributed by atoms with E-state index in [2.05, 4.69) is 4.98 Å². The van der Waals surface area contributed by atoms with Crippen molar-refractivity contribution in [3.8, 4) is 0 Å². The summed E-state index contributed by atoms with van der Waals surface area (Å²) in [4.78, 5) is 2.82. The number of aromatic amines is 1. The van der Waals surface area contributed by atoms with Crippen LogP contribution in [0.1, 0.15) is 0 Å². The molecule has 0 unspecified atom stereocenters. The smallest absolute Gasteiger partial charge is 0.148 e. The van der Waals surface area contributed by atoms with Crippen LogP contribution in [0.4, 0.5) is 4.39 Å². The molecule has 0 saturated carbocycles. The zero-order valence-electron chi connectivity index (χ0n) is 8.04. The second-order valence-electron chi connectivity index (χ2n) is 3.69. The second-order valence-corrected chi connectivity index (χ2v) is 6.87. The summed E-state index contributed by atoms with van der Waals surface area (Å²) in [6.45, 7) is 3.36. The van der Waals surface area contributed by atoms with E-state index in [1.54, 1.807) is 31.5 Å². The lowest BCUT2D eigenvalue weighted by Gasteiger charge is -2.07. The lowest BCUT2D eigenvalue weighted by molar-refractivity contribution is 0.588. The van der Waals surface area contributed by atoms with Gasteiger partial charge in [0.05, 0.1) is 5.52 Å². The molecule has 14 heavy (non-hydrogen) atoms. The third-order valence-electron chi connectivity index (χ3n) is 2.22. The van der Waals surface area contributed by atoms with E-state index < -0.39 is 7.14 Å². The first-order valence-corrected chi connectivity index (χ1v) is 6.91. The van der Waals surface area contributed by atoms with Crippen LogP contribution in [-0.2, 0) is 4.57 Å². The van der Waals surface area contributed by atoms with Crippen LogP contribution in [0.3, 0.4) is 0 Å². The zero-order chi connectivity index (χ0) is 10.3. The number of fused-ring (bicyclic) bond motifs is 1. The Balaban J connectivity index is 2.85. The van der Waals surface area contributed by atoms with Gasteiger partial charge in [-0.1, -0.05) is 6.07 Å². The Kier molecular flexibility index (Phi) is 2.00. The van der Waals surface area contributed by atoms with Crippen LogP contribution in [0, 0.1) is 5.82 Å². The average molecular weight is 211 g/mol. The molecule has 2 aromatic rings. The van der Waals surface area contributed by atoms with Gasteiger partial charge in [-0.05, 0) is 25.5 Å². The van der Waals surface area contributed by atoms with Crippen molar-refractivity contribution in [2.24, 2.45) is 0 Å². The van der Waals surface area contributed by atoms with Gasteiger partial charge in [0.1, 0.15) is 13.0 Å². The molecular weight excluding hydrogens is 200 g/mol. The van der Waals surface area contributed by atoms with Crippen molar-refractivity contribution in [2.75, 3.05) is 13.3 Å². The average Bonchev–Trinajstić information content (AvgIpc) is 2.46. The molecule has 0 bridgehead atoms. The van der Waals surface area contributed by atoms with Crippen molar-refractivity contribution in [3.63, 3.8) is 0 Å². The van der Waals surface area contributed by atoms with Crippen molar-refractivity contribution in [1.82, 2.24) is 4.98 Å². The van der Waals surface area contributed by atoms with Gasteiger partial charge >= 0.3 is 0 Å². The largest absolute Gasteiger partial charge is 0.358 e. The third kappa shape index (κ3) is 1.38. The van der Waals surface area contributed by atoms with Crippen LogP contribution >= 0.6 is 7.14 Å². The fourth-order valence-corrected chi connectivity index (χ4v) is 2.72. The quantitative estimate of drug-likeness (QED) is 0.722. The zero-order valence-corrected chi connectivity index (χ0v) is 8.94. The number of rotatable bonds is 1. The van der Waals surface area contributed by atoms with Crippen LogP contribution < -0.4 is 5.30 Å². The molecule has 0 amide bonds. The highest BCUT2D eigenvalue weighted by Crippen LogP contribution is 2.37.